The molecule has 10 heteroatoms. The Morgan fingerprint density at radius 1 is 1.56 bits per heavy atom. The first-order valence-electron chi connectivity index (χ1n) is 4.97. The van der Waals surface area contributed by atoms with Gasteiger partial charge in [-0.2, -0.15) is 13.2 Å². The molecule has 0 aliphatic heterocycles. The molecular formula is C8H12F3N5OS. The van der Waals surface area contributed by atoms with Crippen molar-refractivity contribution in [2.45, 2.75) is 18.6 Å². The van der Waals surface area contributed by atoms with E-state index in [4.69, 9.17) is 5.73 Å². The second kappa shape index (κ2) is 6.59. The molecule has 0 saturated heterocycles. The zero-order valence-corrected chi connectivity index (χ0v) is 10.1. The van der Waals surface area contributed by atoms with Gasteiger partial charge in [-0.05, 0) is 11.8 Å². The van der Waals surface area contributed by atoms with Crippen LogP contribution < -0.4 is 11.1 Å². The number of hydrogen-bond donors (Lipinski definition) is 2. The minimum atomic E-state index is -4.24. The lowest BCUT2D eigenvalue weighted by atomic mass is 10.4. The van der Waals surface area contributed by atoms with Crippen molar-refractivity contribution in [2.75, 3.05) is 12.3 Å². The van der Waals surface area contributed by atoms with E-state index in [9.17, 15) is 18.0 Å². The van der Waals surface area contributed by atoms with Crippen LogP contribution in [0, 0.1) is 0 Å². The monoisotopic (exact) mass is 283 g/mol. The first-order chi connectivity index (χ1) is 8.40. The number of nitrogens with one attached hydrogen (secondary N) is 1. The fourth-order valence-corrected chi connectivity index (χ4v) is 1.55. The maximum Gasteiger partial charge on any atom is 0.441 e. The molecule has 0 aliphatic carbocycles. The van der Waals surface area contributed by atoms with Gasteiger partial charge in [0.2, 0.25) is 5.91 Å². The number of thioether (sulfide) groups is 1. The summed E-state index contributed by atoms with van der Waals surface area (Å²) in [6.45, 7) is 0.126. The molecule has 0 atom stereocenters. The zero-order valence-electron chi connectivity index (χ0n) is 9.28. The van der Waals surface area contributed by atoms with E-state index in [2.05, 4.69) is 15.6 Å². The number of carbonyl (C=O) groups excluding carboxylic acids is 1. The normalized spacial score (nSPS) is 11.6. The van der Waals surface area contributed by atoms with E-state index in [0.717, 1.165) is 0 Å². The SMILES string of the molecule is NCC(=O)NCc1cn(CCSC(F)(F)F)nn1. The van der Waals surface area contributed by atoms with Gasteiger partial charge >= 0.3 is 5.51 Å². The molecule has 1 rings (SSSR count). The van der Waals surface area contributed by atoms with E-state index >= 15 is 0 Å². The fraction of sp³-hybridized carbons (Fsp3) is 0.625. The number of aromatic nitrogens is 3. The highest BCUT2D eigenvalue weighted by molar-refractivity contribution is 8.00. The summed E-state index contributed by atoms with van der Waals surface area (Å²) >= 11 is -0.115. The molecule has 0 radical (unpaired) electrons. The third-order valence-electron chi connectivity index (χ3n) is 1.82. The summed E-state index contributed by atoms with van der Waals surface area (Å²) in [5.41, 5.74) is 1.31. The standard InChI is InChI=1S/C8H12F3N5OS/c9-8(10,11)18-2-1-16-5-6(14-15-16)4-13-7(17)3-12/h5H,1-4,12H2,(H,13,17). The molecular weight excluding hydrogens is 271 g/mol. The van der Waals surface area contributed by atoms with E-state index in [0.29, 0.717) is 5.69 Å². The maximum absolute atomic E-state index is 11.9. The van der Waals surface area contributed by atoms with Crippen LogP contribution in [0.2, 0.25) is 0 Å². The van der Waals surface area contributed by atoms with Crippen LogP contribution in [0.25, 0.3) is 0 Å². The number of rotatable bonds is 6. The molecule has 1 aromatic rings. The molecule has 18 heavy (non-hydrogen) atoms. The zero-order chi connectivity index (χ0) is 13.6. The molecule has 1 aromatic heterocycles. The van der Waals surface area contributed by atoms with Gasteiger partial charge in [0.05, 0.1) is 25.8 Å². The van der Waals surface area contributed by atoms with E-state index in [-0.39, 0.29) is 43.1 Å². The van der Waals surface area contributed by atoms with Crippen LogP contribution in [-0.4, -0.2) is 38.7 Å². The molecule has 0 unspecified atom stereocenters. The Labute approximate surface area is 105 Å². The van der Waals surface area contributed by atoms with Crippen LogP contribution in [0.4, 0.5) is 13.2 Å². The predicted octanol–water partition coefficient (Wildman–Crippen LogP) is 0.106. The largest absolute Gasteiger partial charge is 0.441 e. The van der Waals surface area contributed by atoms with Crippen LogP contribution in [0.15, 0.2) is 6.20 Å². The molecule has 0 aliphatic rings. The summed E-state index contributed by atoms with van der Waals surface area (Å²) in [7, 11) is 0. The minimum Gasteiger partial charge on any atom is -0.349 e. The van der Waals surface area contributed by atoms with Crippen molar-refractivity contribution in [3.63, 3.8) is 0 Å². The fourth-order valence-electron chi connectivity index (χ4n) is 1.05. The lowest BCUT2D eigenvalue weighted by molar-refractivity contribution is -0.119. The van der Waals surface area contributed by atoms with E-state index < -0.39 is 5.51 Å². The van der Waals surface area contributed by atoms with Gasteiger partial charge in [-0.15, -0.1) is 5.10 Å². The Morgan fingerprint density at radius 3 is 2.89 bits per heavy atom. The number of nitrogens with zero attached hydrogens (tertiary/aromatic N) is 3. The van der Waals surface area contributed by atoms with Gasteiger partial charge in [0.15, 0.2) is 0 Å². The number of amides is 1. The van der Waals surface area contributed by atoms with Crippen LogP contribution in [-0.2, 0) is 17.9 Å². The summed E-state index contributed by atoms with van der Waals surface area (Å²) in [6, 6.07) is 0. The van der Waals surface area contributed by atoms with Crippen molar-refractivity contribution in [1.29, 1.82) is 0 Å². The van der Waals surface area contributed by atoms with Crippen LogP contribution in [0.3, 0.4) is 0 Å². The first kappa shape index (κ1) is 14.8. The van der Waals surface area contributed by atoms with Gasteiger partial charge in [0, 0.05) is 5.75 Å². The van der Waals surface area contributed by atoms with Crippen molar-refractivity contribution < 1.29 is 18.0 Å². The lowest BCUT2D eigenvalue weighted by Gasteiger charge is -2.04. The number of carbonyl (C=O) groups is 1. The predicted molar refractivity (Wildman–Crippen MR) is 59.4 cm³/mol. The molecule has 0 spiro atoms. The van der Waals surface area contributed by atoms with E-state index in [1.165, 1.54) is 10.9 Å². The summed E-state index contributed by atoms with van der Waals surface area (Å²) < 4.78 is 36.9. The highest BCUT2D eigenvalue weighted by Gasteiger charge is 2.27. The number of nitrogens with two attached hydrogens (primary N) is 1. The smallest absolute Gasteiger partial charge is 0.349 e. The van der Waals surface area contributed by atoms with Crippen molar-refractivity contribution in [2.24, 2.45) is 5.73 Å². The van der Waals surface area contributed by atoms with Gasteiger partial charge in [-0.3, -0.25) is 9.48 Å². The summed E-state index contributed by atoms with van der Waals surface area (Å²) in [5.74, 6) is -0.473. The number of aryl methyl sites for hydroxylation is 1. The van der Waals surface area contributed by atoms with Gasteiger partial charge in [0.25, 0.3) is 0 Å². The second-order valence-corrected chi connectivity index (χ2v) is 4.41. The third-order valence-corrected chi connectivity index (χ3v) is 2.54. The summed E-state index contributed by atoms with van der Waals surface area (Å²) in [4.78, 5) is 10.9. The average Bonchev–Trinajstić information content (AvgIpc) is 2.72. The first-order valence-corrected chi connectivity index (χ1v) is 5.96. The highest BCUT2D eigenvalue weighted by atomic mass is 32.2. The Balaban J connectivity index is 2.32. The van der Waals surface area contributed by atoms with Gasteiger partial charge < -0.3 is 11.1 Å². The van der Waals surface area contributed by atoms with Crippen molar-refractivity contribution in [1.82, 2.24) is 20.3 Å². The molecule has 0 aromatic carbocycles. The third kappa shape index (κ3) is 5.87. The van der Waals surface area contributed by atoms with Crippen LogP contribution >= 0.6 is 11.8 Å². The summed E-state index contributed by atoms with van der Waals surface area (Å²) in [6.07, 6.45) is 1.48. The molecule has 3 N–H and O–H groups in total. The molecule has 0 saturated carbocycles. The molecule has 0 fully saturated rings. The number of hydrogen-bond acceptors (Lipinski definition) is 5. The van der Waals surface area contributed by atoms with Gasteiger partial charge in [-0.25, -0.2) is 0 Å². The molecule has 0 bridgehead atoms. The van der Waals surface area contributed by atoms with Crippen molar-refractivity contribution >= 4 is 17.7 Å². The highest BCUT2D eigenvalue weighted by Crippen LogP contribution is 2.29. The van der Waals surface area contributed by atoms with Crippen LogP contribution in [0.5, 0.6) is 0 Å². The van der Waals surface area contributed by atoms with Gasteiger partial charge in [-0.1, -0.05) is 5.21 Å². The minimum absolute atomic E-state index is 0.0992. The molecule has 1 heterocycles. The second-order valence-electron chi connectivity index (χ2n) is 3.25. The molecule has 102 valence electrons. The number of alkyl halides is 3. The topological polar surface area (TPSA) is 85.8 Å². The average molecular weight is 283 g/mol. The number of halogens is 3. The van der Waals surface area contributed by atoms with E-state index in [1.54, 1.807) is 0 Å². The van der Waals surface area contributed by atoms with Gasteiger partial charge in [0.1, 0.15) is 5.69 Å². The lowest BCUT2D eigenvalue weighted by Crippen LogP contribution is -2.29. The van der Waals surface area contributed by atoms with Crippen molar-refractivity contribution in [3.05, 3.63) is 11.9 Å². The Kier molecular flexibility index (Phi) is 5.41. The summed E-state index contributed by atoms with van der Waals surface area (Å²) in [5, 5.41) is 9.82. The molecule has 6 nitrogen and oxygen atoms in total. The molecule has 1 amide bonds. The van der Waals surface area contributed by atoms with Crippen molar-refractivity contribution in [3.8, 4) is 0 Å². The Bertz CT molecular complexity index is 394. The van der Waals surface area contributed by atoms with E-state index in [1.807, 2.05) is 0 Å². The quantitative estimate of drug-likeness (QED) is 0.773. The maximum atomic E-state index is 11.9. The van der Waals surface area contributed by atoms with Crippen LogP contribution in [0.1, 0.15) is 5.69 Å². The Morgan fingerprint density at radius 2 is 2.28 bits per heavy atom. The Hall–Kier alpha value is -1.29.